The summed E-state index contributed by atoms with van der Waals surface area (Å²) in [6.07, 6.45) is 2.73. The average molecular weight is 287 g/mol. The van der Waals surface area contributed by atoms with Crippen LogP contribution >= 0.6 is 0 Å². The van der Waals surface area contributed by atoms with Crippen molar-refractivity contribution in [2.75, 3.05) is 26.2 Å². The zero-order chi connectivity index (χ0) is 15.0. The van der Waals surface area contributed by atoms with Gasteiger partial charge in [-0.1, -0.05) is 29.3 Å². The molecule has 3 rings (SSSR count). The standard InChI is InChI=1S/C18H29N3/c1-13-7-14(2)9-16(8-13)18(19)12-21-11-17-5-4-6-20(17)10-15(21)3/h7-9,15,17-18H,4-6,10-12,19H2,1-3H3. The van der Waals surface area contributed by atoms with Crippen LogP contribution in [0.25, 0.3) is 0 Å². The SMILES string of the molecule is Cc1cc(C)cc(C(N)CN2CC3CCCN3CC2C)c1. The number of fused-ring (bicyclic) bond motifs is 1. The molecule has 3 atom stereocenters. The lowest BCUT2D eigenvalue weighted by Gasteiger charge is -2.43. The maximum absolute atomic E-state index is 6.51. The smallest absolute Gasteiger partial charge is 0.0424 e. The minimum Gasteiger partial charge on any atom is -0.323 e. The Morgan fingerprint density at radius 1 is 1.19 bits per heavy atom. The Kier molecular flexibility index (Phi) is 4.34. The number of nitrogens with two attached hydrogens (primary N) is 1. The lowest BCUT2D eigenvalue weighted by Crippen LogP contribution is -2.56. The molecule has 2 saturated heterocycles. The van der Waals surface area contributed by atoms with Gasteiger partial charge in [-0.3, -0.25) is 9.80 Å². The number of aryl methyl sites for hydroxylation is 2. The number of piperazine rings is 1. The Hall–Kier alpha value is -0.900. The lowest BCUT2D eigenvalue weighted by molar-refractivity contribution is 0.0553. The lowest BCUT2D eigenvalue weighted by atomic mass is 10.00. The van der Waals surface area contributed by atoms with Crippen LogP contribution in [0, 0.1) is 13.8 Å². The first-order chi connectivity index (χ1) is 10.0. The van der Waals surface area contributed by atoms with E-state index < -0.39 is 0 Å². The van der Waals surface area contributed by atoms with Crippen LogP contribution in [-0.4, -0.2) is 48.1 Å². The maximum Gasteiger partial charge on any atom is 0.0424 e. The summed E-state index contributed by atoms with van der Waals surface area (Å²) in [7, 11) is 0. The summed E-state index contributed by atoms with van der Waals surface area (Å²) in [5.41, 5.74) is 10.4. The molecule has 0 aliphatic carbocycles. The second-order valence-electron chi connectivity index (χ2n) is 7.12. The van der Waals surface area contributed by atoms with Crippen molar-refractivity contribution in [3.05, 3.63) is 34.9 Å². The normalized spacial score (nSPS) is 28.6. The highest BCUT2D eigenvalue weighted by Gasteiger charge is 2.34. The summed E-state index contributed by atoms with van der Waals surface area (Å²) >= 11 is 0. The molecule has 2 fully saturated rings. The van der Waals surface area contributed by atoms with Crippen LogP contribution in [0.2, 0.25) is 0 Å². The van der Waals surface area contributed by atoms with Gasteiger partial charge in [0.25, 0.3) is 0 Å². The van der Waals surface area contributed by atoms with Gasteiger partial charge >= 0.3 is 0 Å². The van der Waals surface area contributed by atoms with Crippen LogP contribution in [0.5, 0.6) is 0 Å². The second-order valence-corrected chi connectivity index (χ2v) is 7.12. The Morgan fingerprint density at radius 3 is 2.62 bits per heavy atom. The number of benzene rings is 1. The van der Waals surface area contributed by atoms with E-state index in [0.29, 0.717) is 6.04 Å². The van der Waals surface area contributed by atoms with Crippen LogP contribution in [0.15, 0.2) is 18.2 Å². The van der Waals surface area contributed by atoms with Gasteiger partial charge in [0.05, 0.1) is 0 Å². The van der Waals surface area contributed by atoms with Crippen molar-refractivity contribution >= 4 is 0 Å². The van der Waals surface area contributed by atoms with Crippen molar-refractivity contribution in [1.82, 2.24) is 9.80 Å². The summed E-state index contributed by atoms with van der Waals surface area (Å²) in [5, 5.41) is 0. The third-order valence-electron chi connectivity index (χ3n) is 5.17. The molecule has 2 N–H and O–H groups in total. The zero-order valence-corrected chi connectivity index (χ0v) is 13.7. The third kappa shape index (κ3) is 3.31. The molecule has 3 nitrogen and oxygen atoms in total. The molecule has 0 amide bonds. The number of nitrogens with zero attached hydrogens (tertiary/aromatic N) is 2. The van der Waals surface area contributed by atoms with Gasteiger partial charge in [0.2, 0.25) is 0 Å². The first-order valence-corrected chi connectivity index (χ1v) is 8.35. The molecule has 2 aliphatic rings. The highest BCUT2D eigenvalue weighted by molar-refractivity contribution is 5.30. The Bertz CT molecular complexity index is 479. The summed E-state index contributed by atoms with van der Waals surface area (Å²) in [6, 6.07) is 8.22. The van der Waals surface area contributed by atoms with E-state index in [9.17, 15) is 0 Å². The van der Waals surface area contributed by atoms with Crippen molar-refractivity contribution in [2.24, 2.45) is 5.73 Å². The molecule has 1 aromatic rings. The Morgan fingerprint density at radius 2 is 1.90 bits per heavy atom. The van der Waals surface area contributed by atoms with E-state index in [1.165, 1.54) is 49.2 Å². The average Bonchev–Trinajstić information content (AvgIpc) is 2.85. The molecule has 2 heterocycles. The summed E-state index contributed by atoms with van der Waals surface area (Å²) in [6.45, 7) is 11.3. The van der Waals surface area contributed by atoms with Gasteiger partial charge in [-0.2, -0.15) is 0 Å². The van der Waals surface area contributed by atoms with E-state index >= 15 is 0 Å². The van der Waals surface area contributed by atoms with E-state index in [2.05, 4.69) is 48.8 Å². The highest BCUT2D eigenvalue weighted by atomic mass is 15.3. The maximum atomic E-state index is 6.51. The van der Waals surface area contributed by atoms with Crippen LogP contribution < -0.4 is 5.73 Å². The molecular formula is C18H29N3. The van der Waals surface area contributed by atoms with E-state index in [0.717, 1.165) is 12.6 Å². The van der Waals surface area contributed by atoms with Crippen molar-refractivity contribution in [1.29, 1.82) is 0 Å². The molecule has 0 radical (unpaired) electrons. The van der Waals surface area contributed by atoms with Gasteiger partial charge in [-0.15, -0.1) is 0 Å². The van der Waals surface area contributed by atoms with Crippen molar-refractivity contribution < 1.29 is 0 Å². The van der Waals surface area contributed by atoms with Gasteiger partial charge < -0.3 is 5.73 Å². The van der Waals surface area contributed by atoms with Crippen molar-refractivity contribution in [3.63, 3.8) is 0 Å². The summed E-state index contributed by atoms with van der Waals surface area (Å²) in [4.78, 5) is 5.28. The van der Waals surface area contributed by atoms with Gasteiger partial charge in [-0.25, -0.2) is 0 Å². The van der Waals surface area contributed by atoms with Gasteiger partial charge in [0, 0.05) is 37.8 Å². The molecule has 0 saturated carbocycles. The molecule has 1 aromatic carbocycles. The topological polar surface area (TPSA) is 32.5 Å². The highest BCUT2D eigenvalue weighted by Crippen LogP contribution is 2.26. The molecule has 3 unspecified atom stereocenters. The number of hydrogen-bond donors (Lipinski definition) is 1. The second kappa shape index (κ2) is 6.07. The predicted molar refractivity (Wildman–Crippen MR) is 88.5 cm³/mol. The van der Waals surface area contributed by atoms with E-state index in [1.807, 2.05) is 0 Å². The third-order valence-corrected chi connectivity index (χ3v) is 5.17. The fraction of sp³-hybridized carbons (Fsp3) is 0.667. The van der Waals surface area contributed by atoms with Crippen molar-refractivity contribution in [3.8, 4) is 0 Å². The first-order valence-electron chi connectivity index (χ1n) is 8.35. The van der Waals surface area contributed by atoms with E-state index in [1.54, 1.807) is 0 Å². The molecule has 3 heteroatoms. The zero-order valence-electron chi connectivity index (χ0n) is 13.7. The number of rotatable bonds is 3. The molecule has 0 bridgehead atoms. The molecule has 2 aliphatic heterocycles. The quantitative estimate of drug-likeness (QED) is 0.927. The molecule has 21 heavy (non-hydrogen) atoms. The van der Waals surface area contributed by atoms with E-state index in [4.69, 9.17) is 5.73 Å². The van der Waals surface area contributed by atoms with Gasteiger partial charge in [0.15, 0.2) is 0 Å². The van der Waals surface area contributed by atoms with Crippen molar-refractivity contribution in [2.45, 2.75) is 51.7 Å². The molecular weight excluding hydrogens is 258 g/mol. The fourth-order valence-electron chi connectivity index (χ4n) is 4.08. The first kappa shape index (κ1) is 15.0. The summed E-state index contributed by atoms with van der Waals surface area (Å²) in [5.74, 6) is 0. The van der Waals surface area contributed by atoms with Crippen LogP contribution in [0.1, 0.15) is 42.5 Å². The van der Waals surface area contributed by atoms with Gasteiger partial charge in [-0.05, 0) is 45.7 Å². The minimum absolute atomic E-state index is 0.124. The fourth-order valence-corrected chi connectivity index (χ4v) is 4.08. The minimum atomic E-state index is 0.124. The van der Waals surface area contributed by atoms with Gasteiger partial charge in [0.1, 0.15) is 0 Å². The largest absolute Gasteiger partial charge is 0.323 e. The summed E-state index contributed by atoms with van der Waals surface area (Å²) < 4.78 is 0. The monoisotopic (exact) mass is 287 g/mol. The molecule has 0 spiro atoms. The van der Waals surface area contributed by atoms with E-state index in [-0.39, 0.29) is 6.04 Å². The number of hydrogen-bond acceptors (Lipinski definition) is 3. The Labute approximate surface area is 129 Å². The Balaban J connectivity index is 1.67. The molecule has 0 aromatic heterocycles. The van der Waals surface area contributed by atoms with Crippen LogP contribution in [0.3, 0.4) is 0 Å². The predicted octanol–water partition coefficient (Wildman–Crippen LogP) is 2.47. The molecule has 116 valence electrons. The van der Waals surface area contributed by atoms with Crippen LogP contribution in [-0.2, 0) is 0 Å². The van der Waals surface area contributed by atoms with Crippen LogP contribution in [0.4, 0.5) is 0 Å².